The number of nitrogens with two attached hydrogens (primary N) is 1. The molecule has 1 aromatic rings. The van der Waals surface area contributed by atoms with E-state index in [0.29, 0.717) is 11.3 Å². The Morgan fingerprint density at radius 2 is 2.36 bits per heavy atom. The van der Waals surface area contributed by atoms with E-state index in [9.17, 15) is 0 Å². The summed E-state index contributed by atoms with van der Waals surface area (Å²) in [6.45, 7) is 4.57. The van der Waals surface area contributed by atoms with Crippen molar-refractivity contribution in [2.75, 3.05) is 0 Å². The van der Waals surface area contributed by atoms with Crippen LogP contribution in [0.1, 0.15) is 25.1 Å². The van der Waals surface area contributed by atoms with Crippen molar-refractivity contribution >= 4 is 22.9 Å². The molecule has 1 aromatic heterocycles. The van der Waals surface area contributed by atoms with Crippen LogP contribution in [0.5, 0.6) is 0 Å². The number of thiophene rings is 1. The topological polar surface area (TPSA) is 26.0 Å². The van der Waals surface area contributed by atoms with E-state index in [1.165, 1.54) is 11.3 Å². The van der Waals surface area contributed by atoms with Crippen molar-refractivity contribution in [3.05, 3.63) is 21.3 Å². The Morgan fingerprint density at radius 3 is 2.79 bits per heavy atom. The highest BCUT2D eigenvalue weighted by molar-refractivity contribution is 7.10. The van der Waals surface area contributed by atoms with Crippen LogP contribution in [-0.4, -0.2) is 6.04 Å². The molecule has 0 radical (unpaired) electrons. The summed E-state index contributed by atoms with van der Waals surface area (Å²) in [6, 6.07) is 2.23. The van der Waals surface area contributed by atoms with Crippen LogP contribution in [0.25, 0.3) is 0 Å². The van der Waals surface area contributed by atoms with E-state index in [0.717, 1.165) is 11.4 Å². The molecule has 1 fully saturated rings. The molecule has 78 valence electrons. The summed E-state index contributed by atoms with van der Waals surface area (Å²) < 4.78 is 0. The van der Waals surface area contributed by atoms with Crippen molar-refractivity contribution in [1.82, 2.24) is 0 Å². The first-order valence-corrected chi connectivity index (χ1v) is 6.24. The Hall–Kier alpha value is -0.0500. The van der Waals surface area contributed by atoms with Gasteiger partial charge in [-0.3, -0.25) is 0 Å². The lowest BCUT2D eigenvalue weighted by Crippen LogP contribution is -2.27. The minimum absolute atomic E-state index is 0.279. The normalized spacial score (nSPS) is 26.1. The molecule has 3 heteroatoms. The van der Waals surface area contributed by atoms with Gasteiger partial charge in [0.15, 0.2) is 0 Å². The molecule has 1 aliphatic rings. The Labute approximate surface area is 94.3 Å². The van der Waals surface area contributed by atoms with E-state index in [1.54, 1.807) is 11.3 Å². The zero-order valence-electron chi connectivity index (χ0n) is 8.59. The van der Waals surface area contributed by atoms with Crippen molar-refractivity contribution in [2.45, 2.75) is 32.7 Å². The van der Waals surface area contributed by atoms with Crippen LogP contribution in [0.3, 0.4) is 0 Å². The van der Waals surface area contributed by atoms with E-state index in [2.05, 4.69) is 13.8 Å². The summed E-state index contributed by atoms with van der Waals surface area (Å²) in [4.78, 5) is 1.24. The summed E-state index contributed by atoms with van der Waals surface area (Å²) in [5.41, 5.74) is 6.62. The Bertz CT molecular complexity index is 332. The summed E-state index contributed by atoms with van der Waals surface area (Å²) in [5.74, 6) is 0.681. The second kappa shape index (κ2) is 3.51. The van der Waals surface area contributed by atoms with Gasteiger partial charge in [-0.2, -0.15) is 0 Å². The van der Waals surface area contributed by atoms with Crippen LogP contribution in [-0.2, 0) is 6.42 Å². The molecule has 0 saturated heterocycles. The molecule has 0 bridgehead atoms. The third kappa shape index (κ3) is 1.97. The maximum atomic E-state index is 6.16. The van der Waals surface area contributed by atoms with Crippen LogP contribution in [0.15, 0.2) is 11.4 Å². The molecule has 2 N–H and O–H groups in total. The minimum atomic E-state index is 0.279. The first-order chi connectivity index (χ1) is 6.50. The van der Waals surface area contributed by atoms with Crippen LogP contribution < -0.4 is 5.73 Å². The van der Waals surface area contributed by atoms with Gasteiger partial charge in [-0.1, -0.05) is 25.4 Å². The van der Waals surface area contributed by atoms with Crippen molar-refractivity contribution in [3.63, 3.8) is 0 Å². The van der Waals surface area contributed by atoms with Crippen molar-refractivity contribution in [1.29, 1.82) is 0 Å². The maximum absolute atomic E-state index is 6.16. The van der Waals surface area contributed by atoms with Gasteiger partial charge in [-0.15, -0.1) is 11.3 Å². The molecule has 0 aliphatic heterocycles. The van der Waals surface area contributed by atoms with E-state index < -0.39 is 0 Å². The second-order valence-electron chi connectivity index (χ2n) is 4.86. The maximum Gasteiger partial charge on any atom is 0.0545 e. The van der Waals surface area contributed by atoms with E-state index in [4.69, 9.17) is 17.3 Å². The molecule has 2 atom stereocenters. The Balaban J connectivity index is 1.96. The molecule has 2 unspecified atom stereocenters. The van der Waals surface area contributed by atoms with Gasteiger partial charge in [0.05, 0.1) is 5.02 Å². The average Bonchev–Trinajstić information content (AvgIpc) is 2.54. The highest BCUT2D eigenvalue weighted by atomic mass is 35.5. The summed E-state index contributed by atoms with van der Waals surface area (Å²) in [6.07, 6.45) is 2.20. The van der Waals surface area contributed by atoms with Gasteiger partial charge in [-0.25, -0.2) is 0 Å². The molecule has 14 heavy (non-hydrogen) atoms. The van der Waals surface area contributed by atoms with Crippen LogP contribution in [0, 0.1) is 11.3 Å². The third-order valence-corrected chi connectivity index (χ3v) is 4.63. The molecule has 0 aromatic carbocycles. The van der Waals surface area contributed by atoms with Crippen LogP contribution in [0.4, 0.5) is 0 Å². The molecule has 2 rings (SSSR count). The smallest absolute Gasteiger partial charge is 0.0545 e. The number of rotatable bonds is 3. The highest BCUT2D eigenvalue weighted by Crippen LogP contribution is 2.53. The van der Waals surface area contributed by atoms with Crippen molar-refractivity contribution < 1.29 is 0 Å². The predicted molar refractivity (Wildman–Crippen MR) is 62.9 cm³/mol. The lowest BCUT2D eigenvalue weighted by molar-refractivity contribution is 0.478. The Morgan fingerprint density at radius 1 is 1.71 bits per heavy atom. The number of hydrogen-bond acceptors (Lipinski definition) is 2. The second-order valence-corrected chi connectivity index (χ2v) is 6.27. The first kappa shape index (κ1) is 10.5. The number of hydrogen-bond donors (Lipinski definition) is 1. The van der Waals surface area contributed by atoms with Crippen LogP contribution >= 0.6 is 22.9 Å². The van der Waals surface area contributed by atoms with Gasteiger partial charge >= 0.3 is 0 Å². The van der Waals surface area contributed by atoms with Crippen molar-refractivity contribution in [3.8, 4) is 0 Å². The van der Waals surface area contributed by atoms with E-state index >= 15 is 0 Å². The Kier molecular flexibility index (Phi) is 2.63. The molecule has 1 nitrogen and oxygen atoms in total. The largest absolute Gasteiger partial charge is 0.327 e. The van der Waals surface area contributed by atoms with Gasteiger partial charge in [0, 0.05) is 10.9 Å². The molecule has 1 aliphatic carbocycles. The van der Waals surface area contributed by atoms with Gasteiger partial charge in [0.25, 0.3) is 0 Å². The summed E-state index contributed by atoms with van der Waals surface area (Å²) >= 11 is 7.75. The summed E-state index contributed by atoms with van der Waals surface area (Å²) in [5, 5.41) is 2.91. The molecule has 1 heterocycles. The van der Waals surface area contributed by atoms with Crippen LogP contribution in [0.2, 0.25) is 5.02 Å². The lowest BCUT2D eigenvalue weighted by Gasteiger charge is -2.12. The van der Waals surface area contributed by atoms with E-state index in [1.807, 2.05) is 11.4 Å². The molecular weight excluding hydrogens is 214 g/mol. The number of halogens is 1. The highest BCUT2D eigenvalue weighted by Gasteiger charge is 2.48. The van der Waals surface area contributed by atoms with Gasteiger partial charge in [0.1, 0.15) is 0 Å². The minimum Gasteiger partial charge on any atom is -0.327 e. The zero-order chi connectivity index (χ0) is 10.3. The van der Waals surface area contributed by atoms with Gasteiger partial charge in [0.2, 0.25) is 0 Å². The summed E-state index contributed by atoms with van der Waals surface area (Å²) in [7, 11) is 0. The molecule has 0 spiro atoms. The fourth-order valence-electron chi connectivity index (χ4n) is 2.07. The fourth-order valence-corrected chi connectivity index (χ4v) is 3.25. The molecule has 1 saturated carbocycles. The molecular formula is C11H16ClNS. The quantitative estimate of drug-likeness (QED) is 0.846. The van der Waals surface area contributed by atoms with Crippen molar-refractivity contribution in [2.24, 2.45) is 17.1 Å². The third-order valence-electron chi connectivity index (χ3n) is 3.22. The monoisotopic (exact) mass is 229 g/mol. The predicted octanol–water partition coefficient (Wildman–Crippen LogP) is 3.32. The average molecular weight is 230 g/mol. The SMILES string of the molecule is CC1(C)CC1C(N)Cc1sccc1Cl. The zero-order valence-corrected chi connectivity index (χ0v) is 10.2. The standard InChI is InChI=1S/C11H16ClNS/c1-11(2)6-7(11)9(13)5-10-8(12)3-4-14-10/h3-4,7,9H,5-6,13H2,1-2H3. The van der Waals surface area contributed by atoms with E-state index in [-0.39, 0.29) is 6.04 Å². The van der Waals surface area contributed by atoms with Gasteiger partial charge in [-0.05, 0) is 35.6 Å². The molecule has 0 amide bonds. The fraction of sp³-hybridized carbons (Fsp3) is 0.636. The van der Waals surface area contributed by atoms with Gasteiger partial charge < -0.3 is 5.73 Å². The first-order valence-electron chi connectivity index (χ1n) is 4.98. The lowest BCUT2D eigenvalue weighted by atomic mass is 10.0.